The van der Waals surface area contributed by atoms with Crippen LogP contribution >= 0.6 is 0 Å². The minimum Gasteiger partial charge on any atom is -0.447 e. The van der Waals surface area contributed by atoms with E-state index in [0.717, 1.165) is 12.8 Å². The third-order valence-corrected chi connectivity index (χ3v) is 2.74. The van der Waals surface area contributed by atoms with Crippen LogP contribution in [0.2, 0.25) is 0 Å². The lowest BCUT2D eigenvalue weighted by Gasteiger charge is -2.10. The van der Waals surface area contributed by atoms with Gasteiger partial charge in [0, 0.05) is 32.2 Å². The molecule has 0 heterocycles. The smallest absolute Gasteiger partial charge is 0.407 e. The maximum Gasteiger partial charge on any atom is 0.407 e. The summed E-state index contributed by atoms with van der Waals surface area (Å²) in [6.07, 6.45) is 1.02. The summed E-state index contributed by atoms with van der Waals surface area (Å²) in [4.78, 5) is 22.5. The van der Waals surface area contributed by atoms with Crippen molar-refractivity contribution < 1.29 is 23.8 Å². The molecule has 0 radical (unpaired) electrons. The van der Waals surface area contributed by atoms with Crippen molar-refractivity contribution in [3.63, 3.8) is 0 Å². The number of hydrogen-bond acceptors (Lipinski definition) is 5. The van der Waals surface area contributed by atoms with E-state index in [4.69, 9.17) is 14.2 Å². The quantitative estimate of drug-likeness (QED) is 0.502. The molecule has 2 N–H and O–H groups in total. The molecular formula is C16H32N2O5. The van der Waals surface area contributed by atoms with Gasteiger partial charge in [0.15, 0.2) is 0 Å². The molecular weight excluding hydrogens is 300 g/mol. The number of rotatable bonds is 13. The number of alkyl carbamates (subject to hydrolysis) is 1. The monoisotopic (exact) mass is 332 g/mol. The average Bonchev–Trinajstić information content (AvgIpc) is 2.47. The molecule has 0 fully saturated rings. The van der Waals surface area contributed by atoms with Gasteiger partial charge in [0.1, 0.15) is 0 Å². The van der Waals surface area contributed by atoms with Crippen LogP contribution in [-0.4, -0.2) is 57.6 Å². The molecule has 0 aromatic rings. The summed E-state index contributed by atoms with van der Waals surface area (Å²) in [5.74, 6) is 0.0882. The Balaban J connectivity index is 3.19. The minimum atomic E-state index is -0.395. The number of ether oxygens (including phenoxy) is 3. The van der Waals surface area contributed by atoms with Gasteiger partial charge in [-0.15, -0.1) is 0 Å². The zero-order valence-corrected chi connectivity index (χ0v) is 14.9. The van der Waals surface area contributed by atoms with E-state index >= 15 is 0 Å². The molecule has 0 unspecified atom stereocenters. The molecule has 0 atom stereocenters. The molecule has 0 aromatic carbocycles. The summed E-state index contributed by atoms with van der Waals surface area (Å²) in [6, 6.07) is 0. The van der Waals surface area contributed by atoms with Crippen molar-refractivity contribution in [2.24, 2.45) is 5.92 Å². The van der Waals surface area contributed by atoms with E-state index in [1.807, 2.05) is 13.8 Å². The molecule has 0 spiro atoms. The summed E-state index contributed by atoms with van der Waals surface area (Å²) < 4.78 is 15.7. The lowest BCUT2D eigenvalue weighted by Crippen LogP contribution is -2.29. The molecule has 0 bridgehead atoms. The Kier molecular flexibility index (Phi) is 13.4. The van der Waals surface area contributed by atoms with Crippen molar-refractivity contribution in [1.82, 2.24) is 10.6 Å². The van der Waals surface area contributed by atoms with Crippen LogP contribution < -0.4 is 10.6 Å². The Bertz CT molecular complexity index is 322. The number of hydrogen-bond donors (Lipinski definition) is 2. The number of nitrogens with one attached hydrogen (secondary N) is 2. The van der Waals surface area contributed by atoms with E-state index in [9.17, 15) is 9.59 Å². The second-order valence-corrected chi connectivity index (χ2v) is 5.76. The third kappa shape index (κ3) is 15.3. The molecule has 0 aliphatic heterocycles. The third-order valence-electron chi connectivity index (χ3n) is 2.74. The van der Waals surface area contributed by atoms with Crippen LogP contribution in [0.25, 0.3) is 0 Å². The number of amides is 2. The second-order valence-electron chi connectivity index (χ2n) is 5.76. The van der Waals surface area contributed by atoms with Gasteiger partial charge < -0.3 is 24.8 Å². The first kappa shape index (κ1) is 21.7. The van der Waals surface area contributed by atoms with E-state index < -0.39 is 6.09 Å². The second kappa shape index (κ2) is 14.3. The van der Waals surface area contributed by atoms with Crippen molar-refractivity contribution in [2.75, 3.05) is 39.5 Å². The Morgan fingerprint density at radius 2 is 1.35 bits per heavy atom. The van der Waals surface area contributed by atoms with Crippen molar-refractivity contribution in [3.05, 3.63) is 0 Å². The highest BCUT2D eigenvalue weighted by Gasteiger charge is 2.04. The van der Waals surface area contributed by atoms with Crippen molar-refractivity contribution >= 4 is 12.0 Å². The average molecular weight is 332 g/mol. The van der Waals surface area contributed by atoms with E-state index in [1.54, 1.807) is 13.8 Å². The van der Waals surface area contributed by atoms with E-state index in [0.29, 0.717) is 39.5 Å². The van der Waals surface area contributed by atoms with Crippen molar-refractivity contribution in [1.29, 1.82) is 0 Å². The fraction of sp³-hybridized carbons (Fsp3) is 0.875. The van der Waals surface area contributed by atoms with Gasteiger partial charge in [-0.2, -0.15) is 0 Å². The molecule has 0 aromatic heterocycles. The summed E-state index contributed by atoms with van der Waals surface area (Å²) >= 11 is 0. The molecule has 0 aliphatic rings. The van der Waals surface area contributed by atoms with Crippen molar-refractivity contribution in [2.45, 2.75) is 46.6 Å². The first-order valence-corrected chi connectivity index (χ1v) is 8.31. The van der Waals surface area contributed by atoms with Crippen LogP contribution in [0.1, 0.15) is 40.5 Å². The van der Waals surface area contributed by atoms with Crippen molar-refractivity contribution in [3.8, 4) is 0 Å². The zero-order chi connectivity index (χ0) is 17.5. The van der Waals surface area contributed by atoms with Crippen LogP contribution in [0.3, 0.4) is 0 Å². The predicted molar refractivity (Wildman–Crippen MR) is 88.3 cm³/mol. The molecule has 7 nitrogen and oxygen atoms in total. The van der Waals surface area contributed by atoms with E-state index in [2.05, 4.69) is 10.6 Å². The highest BCUT2D eigenvalue weighted by Crippen LogP contribution is 1.91. The standard InChI is InChI=1S/C16H32N2O5/c1-13(2)15(19)17-7-5-9-21-11-12-22-10-6-8-18-16(20)23-14(3)4/h13-14H,5-12H2,1-4H3,(H,17,19)(H,18,20). The van der Waals surface area contributed by atoms with E-state index in [-0.39, 0.29) is 17.9 Å². The maximum atomic E-state index is 11.3. The van der Waals surface area contributed by atoms with Crippen LogP contribution in [0, 0.1) is 5.92 Å². The SMILES string of the molecule is CC(C)OC(=O)NCCCOCCOCCCNC(=O)C(C)C. The highest BCUT2D eigenvalue weighted by molar-refractivity contribution is 5.77. The molecule has 0 saturated heterocycles. The van der Waals surface area contributed by atoms with Gasteiger partial charge in [-0.1, -0.05) is 13.8 Å². The summed E-state index contributed by atoms with van der Waals surface area (Å²) in [6.45, 7) is 10.7. The highest BCUT2D eigenvalue weighted by atomic mass is 16.6. The van der Waals surface area contributed by atoms with Crippen LogP contribution in [0.15, 0.2) is 0 Å². The molecule has 23 heavy (non-hydrogen) atoms. The van der Waals surface area contributed by atoms with E-state index in [1.165, 1.54) is 0 Å². The molecule has 2 amide bonds. The molecule has 7 heteroatoms. The topological polar surface area (TPSA) is 85.9 Å². The first-order chi connectivity index (χ1) is 10.9. The predicted octanol–water partition coefficient (Wildman–Crippen LogP) is 1.71. The van der Waals surface area contributed by atoms with Gasteiger partial charge in [-0.3, -0.25) is 4.79 Å². The molecule has 136 valence electrons. The largest absolute Gasteiger partial charge is 0.447 e. The minimum absolute atomic E-state index is 0.0195. The number of carbonyl (C=O) groups is 2. The fourth-order valence-corrected chi connectivity index (χ4v) is 1.53. The Morgan fingerprint density at radius 1 is 0.826 bits per heavy atom. The maximum absolute atomic E-state index is 11.3. The van der Waals surface area contributed by atoms with Crippen LogP contribution in [-0.2, 0) is 19.0 Å². The lowest BCUT2D eigenvalue weighted by atomic mass is 10.2. The summed E-state index contributed by atoms with van der Waals surface area (Å²) in [7, 11) is 0. The van der Waals surface area contributed by atoms with Crippen LogP contribution in [0.4, 0.5) is 4.79 Å². The van der Waals surface area contributed by atoms with Gasteiger partial charge in [0.2, 0.25) is 5.91 Å². The van der Waals surface area contributed by atoms with Gasteiger partial charge in [-0.05, 0) is 26.7 Å². The summed E-state index contributed by atoms with van der Waals surface area (Å²) in [5, 5.41) is 5.48. The van der Waals surface area contributed by atoms with Gasteiger partial charge in [-0.25, -0.2) is 4.79 Å². The zero-order valence-electron chi connectivity index (χ0n) is 14.9. The number of carbonyl (C=O) groups excluding carboxylic acids is 2. The van der Waals surface area contributed by atoms with Gasteiger partial charge in [0.25, 0.3) is 0 Å². The summed E-state index contributed by atoms with van der Waals surface area (Å²) in [5.41, 5.74) is 0. The van der Waals surface area contributed by atoms with Crippen LogP contribution in [0.5, 0.6) is 0 Å². The Morgan fingerprint density at radius 3 is 1.83 bits per heavy atom. The first-order valence-electron chi connectivity index (χ1n) is 8.31. The Hall–Kier alpha value is -1.34. The molecule has 0 rings (SSSR count). The molecule has 0 aliphatic carbocycles. The van der Waals surface area contributed by atoms with Gasteiger partial charge in [0.05, 0.1) is 19.3 Å². The normalized spacial score (nSPS) is 10.9. The Labute approximate surface area is 139 Å². The van der Waals surface area contributed by atoms with Gasteiger partial charge >= 0.3 is 6.09 Å². The molecule has 0 saturated carbocycles. The fourth-order valence-electron chi connectivity index (χ4n) is 1.53. The lowest BCUT2D eigenvalue weighted by molar-refractivity contribution is -0.124.